The molecule has 24 heavy (non-hydrogen) atoms. The van der Waals surface area contributed by atoms with Crippen molar-refractivity contribution in [3.63, 3.8) is 0 Å². The summed E-state index contributed by atoms with van der Waals surface area (Å²) in [6.07, 6.45) is 3.42. The molecule has 5 heteroatoms. The van der Waals surface area contributed by atoms with Gasteiger partial charge in [-0.25, -0.2) is 0 Å². The van der Waals surface area contributed by atoms with E-state index >= 15 is 0 Å². The van der Waals surface area contributed by atoms with Crippen LogP contribution >= 0.6 is 0 Å². The second kappa shape index (κ2) is 9.42. The summed E-state index contributed by atoms with van der Waals surface area (Å²) in [5, 5.41) is 6.22. The highest BCUT2D eigenvalue weighted by molar-refractivity contribution is 5.96. The van der Waals surface area contributed by atoms with Crippen LogP contribution in [0.5, 0.6) is 0 Å². The molecule has 1 saturated heterocycles. The Bertz CT molecular complexity index is 527. The molecule has 132 valence electrons. The average molecular weight is 331 g/mol. The molecule has 0 aromatic heterocycles. The van der Waals surface area contributed by atoms with Crippen molar-refractivity contribution in [3.05, 3.63) is 30.3 Å². The Morgan fingerprint density at radius 1 is 1.33 bits per heavy atom. The van der Waals surface area contributed by atoms with Gasteiger partial charge < -0.3 is 15.5 Å². The number of nitrogens with one attached hydrogen (secondary N) is 2. The molecule has 2 amide bonds. The molecule has 0 radical (unpaired) electrons. The van der Waals surface area contributed by atoms with Crippen molar-refractivity contribution in [3.8, 4) is 0 Å². The number of hydrogen-bond donors (Lipinski definition) is 2. The topological polar surface area (TPSA) is 61.4 Å². The van der Waals surface area contributed by atoms with E-state index in [0.29, 0.717) is 18.9 Å². The van der Waals surface area contributed by atoms with Crippen molar-refractivity contribution in [2.75, 3.05) is 25.0 Å². The zero-order chi connectivity index (χ0) is 17.4. The first-order valence-electron chi connectivity index (χ1n) is 8.98. The van der Waals surface area contributed by atoms with Crippen LogP contribution in [0.2, 0.25) is 0 Å². The molecule has 5 nitrogen and oxygen atoms in total. The summed E-state index contributed by atoms with van der Waals surface area (Å²) in [5.74, 6) is 0.538. The van der Waals surface area contributed by atoms with E-state index in [0.717, 1.165) is 38.0 Å². The Hall–Kier alpha value is -1.88. The van der Waals surface area contributed by atoms with Gasteiger partial charge in [0.25, 0.3) is 0 Å². The van der Waals surface area contributed by atoms with Crippen LogP contribution in [0.1, 0.15) is 39.5 Å². The third kappa shape index (κ3) is 5.34. The van der Waals surface area contributed by atoms with Gasteiger partial charge >= 0.3 is 0 Å². The van der Waals surface area contributed by atoms with Crippen LogP contribution in [-0.4, -0.2) is 42.4 Å². The third-order valence-electron chi connectivity index (χ3n) is 4.60. The van der Waals surface area contributed by atoms with Gasteiger partial charge in [0.05, 0.1) is 0 Å². The molecule has 2 atom stereocenters. The van der Waals surface area contributed by atoms with Gasteiger partial charge in [0.2, 0.25) is 11.8 Å². The third-order valence-corrected chi connectivity index (χ3v) is 4.60. The van der Waals surface area contributed by atoms with E-state index in [9.17, 15) is 9.59 Å². The highest BCUT2D eigenvalue weighted by atomic mass is 16.2. The van der Waals surface area contributed by atoms with Gasteiger partial charge in [0.15, 0.2) is 0 Å². The fourth-order valence-corrected chi connectivity index (χ4v) is 3.12. The van der Waals surface area contributed by atoms with Gasteiger partial charge in [-0.1, -0.05) is 25.1 Å². The number of para-hydroxylation sites is 1. The Labute approximate surface area is 144 Å². The van der Waals surface area contributed by atoms with Gasteiger partial charge in [0.1, 0.15) is 6.04 Å². The molecule has 1 aliphatic rings. The summed E-state index contributed by atoms with van der Waals surface area (Å²) in [6.45, 7) is 6.51. The van der Waals surface area contributed by atoms with Gasteiger partial charge in [-0.3, -0.25) is 9.59 Å². The smallest absolute Gasteiger partial charge is 0.246 e. The lowest BCUT2D eigenvalue weighted by Gasteiger charge is -2.28. The molecular formula is C19H29N3O2. The summed E-state index contributed by atoms with van der Waals surface area (Å²) in [4.78, 5) is 26.8. The van der Waals surface area contributed by atoms with E-state index in [1.807, 2.05) is 44.2 Å². The first-order chi connectivity index (χ1) is 11.6. The molecular weight excluding hydrogens is 302 g/mol. The summed E-state index contributed by atoms with van der Waals surface area (Å²) >= 11 is 0. The molecule has 1 aliphatic heterocycles. The number of hydrogen-bond acceptors (Lipinski definition) is 3. The second-order valence-corrected chi connectivity index (χ2v) is 6.52. The Morgan fingerprint density at radius 3 is 2.71 bits per heavy atom. The zero-order valence-electron chi connectivity index (χ0n) is 14.8. The summed E-state index contributed by atoms with van der Waals surface area (Å²) < 4.78 is 0. The monoisotopic (exact) mass is 331 g/mol. The number of nitrogens with zero attached hydrogens (tertiary/aromatic N) is 1. The van der Waals surface area contributed by atoms with E-state index in [2.05, 4.69) is 10.6 Å². The molecule has 0 saturated carbocycles. The highest BCUT2D eigenvalue weighted by Gasteiger charge is 2.26. The zero-order valence-corrected chi connectivity index (χ0v) is 14.8. The van der Waals surface area contributed by atoms with Gasteiger partial charge in [-0.15, -0.1) is 0 Å². The maximum Gasteiger partial charge on any atom is 0.246 e. The van der Waals surface area contributed by atoms with Crippen LogP contribution in [0.3, 0.4) is 0 Å². The van der Waals surface area contributed by atoms with E-state index in [1.165, 1.54) is 0 Å². The van der Waals surface area contributed by atoms with E-state index < -0.39 is 6.04 Å². The van der Waals surface area contributed by atoms with Crippen molar-refractivity contribution in [1.82, 2.24) is 10.2 Å². The summed E-state index contributed by atoms with van der Waals surface area (Å²) in [7, 11) is 0. The quantitative estimate of drug-likeness (QED) is 0.770. The lowest BCUT2D eigenvalue weighted by atomic mass is 10.0. The number of carbonyl (C=O) groups excluding carboxylic acids is 2. The molecule has 0 bridgehead atoms. The largest absolute Gasteiger partial charge is 0.331 e. The molecule has 2 rings (SSSR count). The normalized spacial score (nSPS) is 18.2. The summed E-state index contributed by atoms with van der Waals surface area (Å²) in [6, 6.07) is 8.91. The lowest BCUT2D eigenvalue weighted by molar-refractivity contribution is -0.138. The molecule has 2 unspecified atom stereocenters. The van der Waals surface area contributed by atoms with Gasteiger partial charge in [0, 0.05) is 18.7 Å². The molecule has 0 spiro atoms. The van der Waals surface area contributed by atoms with Crippen molar-refractivity contribution < 1.29 is 9.59 Å². The van der Waals surface area contributed by atoms with Crippen LogP contribution in [0.4, 0.5) is 5.69 Å². The molecule has 1 aromatic carbocycles. The van der Waals surface area contributed by atoms with Gasteiger partial charge in [-0.05, 0) is 57.3 Å². The Kier molecular flexibility index (Phi) is 7.25. The highest BCUT2D eigenvalue weighted by Crippen LogP contribution is 2.17. The van der Waals surface area contributed by atoms with Crippen LogP contribution in [0.15, 0.2) is 30.3 Å². The maximum absolute atomic E-state index is 12.6. The lowest BCUT2D eigenvalue weighted by Crippen LogP contribution is -2.46. The van der Waals surface area contributed by atoms with E-state index in [-0.39, 0.29) is 11.8 Å². The molecule has 1 heterocycles. The predicted octanol–water partition coefficient (Wildman–Crippen LogP) is 2.64. The van der Waals surface area contributed by atoms with Crippen LogP contribution < -0.4 is 10.6 Å². The molecule has 0 aliphatic carbocycles. The molecule has 1 fully saturated rings. The Morgan fingerprint density at radius 2 is 2.08 bits per heavy atom. The van der Waals surface area contributed by atoms with Gasteiger partial charge in [-0.2, -0.15) is 0 Å². The first kappa shape index (κ1) is 18.5. The predicted molar refractivity (Wildman–Crippen MR) is 96.7 cm³/mol. The van der Waals surface area contributed by atoms with Crippen molar-refractivity contribution in [2.24, 2.45) is 5.92 Å². The average Bonchev–Trinajstić information content (AvgIpc) is 3.11. The summed E-state index contributed by atoms with van der Waals surface area (Å²) in [5.41, 5.74) is 0.760. The fraction of sp³-hybridized carbons (Fsp3) is 0.579. The number of carbonyl (C=O) groups is 2. The second-order valence-electron chi connectivity index (χ2n) is 6.52. The van der Waals surface area contributed by atoms with Crippen LogP contribution in [-0.2, 0) is 9.59 Å². The van der Waals surface area contributed by atoms with Crippen molar-refractivity contribution >= 4 is 17.5 Å². The van der Waals surface area contributed by atoms with Crippen LogP contribution in [0.25, 0.3) is 0 Å². The first-order valence-corrected chi connectivity index (χ1v) is 8.98. The maximum atomic E-state index is 12.6. The Balaban J connectivity index is 1.91. The SMILES string of the molecule is CCCN(C(=O)CCC1CCNC1)C(C)C(=O)Nc1ccccc1. The standard InChI is InChI=1S/C19H29N3O2/c1-3-13-22(18(23)10-9-16-11-12-20-14-16)15(2)19(24)21-17-7-5-4-6-8-17/h4-8,15-16,20H,3,9-14H2,1-2H3,(H,21,24). The number of anilines is 1. The number of benzene rings is 1. The molecule has 2 N–H and O–H groups in total. The number of amides is 2. The molecule has 1 aromatic rings. The van der Waals surface area contributed by atoms with Crippen molar-refractivity contribution in [2.45, 2.75) is 45.6 Å². The van der Waals surface area contributed by atoms with Crippen LogP contribution in [0, 0.1) is 5.92 Å². The fourth-order valence-electron chi connectivity index (χ4n) is 3.12. The minimum Gasteiger partial charge on any atom is -0.331 e. The van der Waals surface area contributed by atoms with E-state index in [4.69, 9.17) is 0 Å². The number of rotatable bonds is 8. The minimum atomic E-state index is -0.459. The minimum absolute atomic E-state index is 0.0828. The van der Waals surface area contributed by atoms with E-state index in [1.54, 1.807) is 4.90 Å². The van der Waals surface area contributed by atoms with Crippen molar-refractivity contribution in [1.29, 1.82) is 0 Å².